The second kappa shape index (κ2) is 6.15. The summed E-state index contributed by atoms with van der Waals surface area (Å²) in [6.07, 6.45) is 6.48. The van der Waals surface area contributed by atoms with Crippen LogP contribution in [0.25, 0.3) is 0 Å². The van der Waals surface area contributed by atoms with E-state index in [4.69, 9.17) is 0 Å². The Balaban J connectivity index is 2.18. The molecule has 4 heteroatoms. The molecule has 2 unspecified atom stereocenters. The molecule has 1 aliphatic rings. The fourth-order valence-corrected chi connectivity index (χ4v) is 3.02. The van der Waals surface area contributed by atoms with Crippen LogP contribution in [0.2, 0.25) is 0 Å². The van der Waals surface area contributed by atoms with Crippen LogP contribution in [-0.4, -0.2) is 34.0 Å². The van der Waals surface area contributed by atoms with Crippen LogP contribution in [0.1, 0.15) is 43.4 Å². The van der Waals surface area contributed by atoms with Gasteiger partial charge in [-0.1, -0.05) is 6.92 Å². The topological polar surface area (TPSA) is 53.4 Å². The Bertz CT molecular complexity index is 448. The fraction of sp³-hybridized carbons (Fsp3) is 0.600. The smallest absolute Gasteiger partial charge is 0.307 e. The molecular formula is C15H22N2O2. The highest BCUT2D eigenvalue weighted by molar-refractivity contribution is 5.70. The summed E-state index contributed by atoms with van der Waals surface area (Å²) in [4.78, 5) is 17.6. The van der Waals surface area contributed by atoms with Gasteiger partial charge in [0.25, 0.3) is 0 Å². The SMILES string of the molecule is CCC(c1ccncc1C)N1CCCC(C(=O)O)C1. The minimum absolute atomic E-state index is 0.218. The van der Waals surface area contributed by atoms with Crippen LogP contribution in [0, 0.1) is 12.8 Å². The minimum atomic E-state index is -0.661. The van der Waals surface area contributed by atoms with E-state index in [9.17, 15) is 9.90 Å². The Labute approximate surface area is 114 Å². The van der Waals surface area contributed by atoms with Crippen molar-refractivity contribution in [3.8, 4) is 0 Å². The standard InChI is InChI=1S/C15H22N2O2/c1-3-14(13-6-7-16-9-11(13)2)17-8-4-5-12(10-17)15(18)19/h6-7,9,12,14H,3-5,8,10H2,1-2H3,(H,18,19). The number of pyridine rings is 1. The van der Waals surface area contributed by atoms with E-state index in [2.05, 4.69) is 29.8 Å². The quantitative estimate of drug-likeness (QED) is 0.906. The van der Waals surface area contributed by atoms with Gasteiger partial charge in [-0.25, -0.2) is 0 Å². The second-order valence-corrected chi connectivity index (χ2v) is 5.33. The van der Waals surface area contributed by atoms with Crippen molar-refractivity contribution in [2.45, 2.75) is 39.2 Å². The van der Waals surface area contributed by atoms with Crippen LogP contribution in [0.3, 0.4) is 0 Å². The van der Waals surface area contributed by atoms with Crippen molar-refractivity contribution in [3.63, 3.8) is 0 Å². The van der Waals surface area contributed by atoms with Gasteiger partial charge >= 0.3 is 5.97 Å². The van der Waals surface area contributed by atoms with Gasteiger partial charge in [-0.3, -0.25) is 14.7 Å². The highest BCUT2D eigenvalue weighted by Crippen LogP contribution is 2.30. The van der Waals surface area contributed by atoms with Crippen LogP contribution < -0.4 is 0 Å². The van der Waals surface area contributed by atoms with E-state index in [1.165, 1.54) is 11.1 Å². The van der Waals surface area contributed by atoms with Crippen molar-refractivity contribution in [2.24, 2.45) is 5.92 Å². The van der Waals surface area contributed by atoms with Crippen LogP contribution in [0.15, 0.2) is 18.5 Å². The Morgan fingerprint density at radius 3 is 3.05 bits per heavy atom. The van der Waals surface area contributed by atoms with Crippen molar-refractivity contribution >= 4 is 5.97 Å². The molecule has 0 spiro atoms. The predicted octanol–water partition coefficient (Wildman–Crippen LogP) is 2.64. The van der Waals surface area contributed by atoms with Gasteiger partial charge in [0, 0.05) is 25.0 Å². The monoisotopic (exact) mass is 262 g/mol. The summed E-state index contributed by atoms with van der Waals surface area (Å²) in [5, 5.41) is 9.20. The van der Waals surface area contributed by atoms with Crippen LogP contribution in [0.5, 0.6) is 0 Å². The Kier molecular flexibility index (Phi) is 4.53. The van der Waals surface area contributed by atoms with Crippen molar-refractivity contribution in [2.75, 3.05) is 13.1 Å². The summed E-state index contributed by atoms with van der Waals surface area (Å²) in [7, 11) is 0. The van der Waals surface area contributed by atoms with Crippen molar-refractivity contribution < 1.29 is 9.90 Å². The van der Waals surface area contributed by atoms with Gasteiger partial charge in [-0.05, 0) is 49.9 Å². The molecule has 1 N–H and O–H groups in total. The number of likely N-dealkylation sites (tertiary alicyclic amines) is 1. The highest BCUT2D eigenvalue weighted by atomic mass is 16.4. The van der Waals surface area contributed by atoms with E-state index in [0.29, 0.717) is 12.6 Å². The number of hydrogen-bond acceptors (Lipinski definition) is 3. The van der Waals surface area contributed by atoms with Gasteiger partial charge in [-0.15, -0.1) is 0 Å². The number of aliphatic carboxylic acids is 1. The maximum absolute atomic E-state index is 11.2. The number of hydrogen-bond donors (Lipinski definition) is 1. The maximum Gasteiger partial charge on any atom is 0.307 e. The van der Waals surface area contributed by atoms with Gasteiger partial charge in [0.2, 0.25) is 0 Å². The molecule has 2 atom stereocenters. The number of carboxylic acid groups (broad SMARTS) is 1. The first-order chi connectivity index (χ1) is 9.13. The molecule has 1 aliphatic heterocycles. The van der Waals surface area contributed by atoms with E-state index in [1.807, 2.05) is 12.4 Å². The third-order valence-corrected chi connectivity index (χ3v) is 4.05. The largest absolute Gasteiger partial charge is 0.481 e. The van der Waals surface area contributed by atoms with E-state index in [1.54, 1.807) is 0 Å². The maximum atomic E-state index is 11.2. The first-order valence-electron chi connectivity index (χ1n) is 7.00. The summed E-state index contributed by atoms with van der Waals surface area (Å²) in [6, 6.07) is 2.37. The van der Waals surface area contributed by atoms with E-state index in [0.717, 1.165) is 25.8 Å². The molecule has 1 aromatic heterocycles. The molecule has 0 aliphatic carbocycles. The Morgan fingerprint density at radius 1 is 1.63 bits per heavy atom. The molecule has 1 saturated heterocycles. The summed E-state index contributed by atoms with van der Waals surface area (Å²) < 4.78 is 0. The lowest BCUT2D eigenvalue weighted by Crippen LogP contribution is -2.40. The second-order valence-electron chi connectivity index (χ2n) is 5.33. The molecule has 0 radical (unpaired) electrons. The predicted molar refractivity (Wildman–Crippen MR) is 73.9 cm³/mol. The fourth-order valence-electron chi connectivity index (χ4n) is 3.02. The van der Waals surface area contributed by atoms with E-state index in [-0.39, 0.29) is 5.92 Å². The zero-order valence-electron chi connectivity index (χ0n) is 11.7. The van der Waals surface area contributed by atoms with Crippen LogP contribution in [0.4, 0.5) is 0 Å². The number of nitrogens with zero attached hydrogens (tertiary/aromatic N) is 2. The average molecular weight is 262 g/mol. The molecule has 0 saturated carbocycles. The number of carboxylic acids is 1. The van der Waals surface area contributed by atoms with Gasteiger partial charge in [0.05, 0.1) is 5.92 Å². The number of piperidine rings is 1. The summed E-state index contributed by atoms with van der Waals surface area (Å²) in [5.74, 6) is -0.879. The molecule has 1 aromatic rings. The molecule has 2 heterocycles. The van der Waals surface area contributed by atoms with E-state index < -0.39 is 5.97 Å². The molecule has 0 amide bonds. The van der Waals surface area contributed by atoms with E-state index >= 15 is 0 Å². The normalized spacial score (nSPS) is 22.1. The molecule has 1 fully saturated rings. The zero-order chi connectivity index (χ0) is 13.8. The van der Waals surface area contributed by atoms with Crippen molar-refractivity contribution in [3.05, 3.63) is 29.6 Å². The molecule has 19 heavy (non-hydrogen) atoms. The molecule has 2 rings (SSSR count). The molecule has 0 aromatic carbocycles. The summed E-state index contributed by atoms with van der Waals surface area (Å²) >= 11 is 0. The Morgan fingerprint density at radius 2 is 2.42 bits per heavy atom. The molecule has 4 nitrogen and oxygen atoms in total. The first kappa shape index (κ1) is 14.0. The van der Waals surface area contributed by atoms with Crippen molar-refractivity contribution in [1.82, 2.24) is 9.88 Å². The highest BCUT2D eigenvalue weighted by Gasteiger charge is 2.30. The zero-order valence-corrected chi connectivity index (χ0v) is 11.7. The minimum Gasteiger partial charge on any atom is -0.481 e. The number of aryl methyl sites for hydroxylation is 1. The lowest BCUT2D eigenvalue weighted by molar-refractivity contribution is -0.144. The molecular weight excluding hydrogens is 240 g/mol. The first-order valence-corrected chi connectivity index (χ1v) is 7.00. The van der Waals surface area contributed by atoms with Gasteiger partial charge < -0.3 is 5.11 Å². The van der Waals surface area contributed by atoms with Crippen LogP contribution in [-0.2, 0) is 4.79 Å². The number of carbonyl (C=O) groups is 1. The third kappa shape index (κ3) is 3.13. The molecule has 104 valence electrons. The lowest BCUT2D eigenvalue weighted by Gasteiger charge is -2.37. The third-order valence-electron chi connectivity index (χ3n) is 4.05. The number of aromatic nitrogens is 1. The number of rotatable bonds is 4. The molecule has 0 bridgehead atoms. The summed E-state index contributed by atoms with van der Waals surface area (Å²) in [6.45, 7) is 5.89. The Hall–Kier alpha value is -1.42. The van der Waals surface area contributed by atoms with Gasteiger partial charge in [0.1, 0.15) is 0 Å². The van der Waals surface area contributed by atoms with Crippen LogP contribution >= 0.6 is 0 Å². The average Bonchev–Trinajstić information content (AvgIpc) is 2.42. The summed E-state index contributed by atoms with van der Waals surface area (Å²) in [5.41, 5.74) is 2.47. The lowest BCUT2D eigenvalue weighted by atomic mass is 9.93. The van der Waals surface area contributed by atoms with Crippen molar-refractivity contribution in [1.29, 1.82) is 0 Å². The van der Waals surface area contributed by atoms with Gasteiger partial charge in [-0.2, -0.15) is 0 Å². The van der Waals surface area contributed by atoms with Gasteiger partial charge in [0.15, 0.2) is 0 Å².